The predicted molar refractivity (Wildman–Crippen MR) is 68.5 cm³/mol. The Bertz CT molecular complexity index is 610. The number of pyridine rings is 1. The molecule has 1 aromatic carbocycles. The molecule has 0 saturated carbocycles. The number of carbonyl (C=O) groups excluding carboxylic acids is 1. The van der Waals surface area contributed by atoms with Gasteiger partial charge in [0.2, 0.25) is 0 Å². The maximum atomic E-state index is 11.6. The lowest BCUT2D eigenvalue weighted by Crippen LogP contribution is -2.19. The lowest BCUT2D eigenvalue weighted by molar-refractivity contribution is 0.183. The molecule has 1 heterocycles. The molecule has 2 aromatic rings. The van der Waals surface area contributed by atoms with Crippen molar-refractivity contribution in [1.29, 1.82) is 0 Å². The molecule has 0 aliphatic carbocycles. The van der Waals surface area contributed by atoms with Gasteiger partial charge in [-0.1, -0.05) is 36.5 Å². The zero-order valence-corrected chi connectivity index (χ0v) is 10.1. The van der Waals surface area contributed by atoms with Crippen LogP contribution in [0.1, 0.15) is 0 Å². The molecule has 0 unspecified atom stereocenters. The smallest absolute Gasteiger partial charge is 0.418 e. The summed E-state index contributed by atoms with van der Waals surface area (Å²) in [6.45, 7) is 0. The Balaban J connectivity index is 2.08. The third-order valence-electron chi connectivity index (χ3n) is 2.11. The molecule has 0 aliphatic rings. The molecule has 0 atom stereocenters. The summed E-state index contributed by atoms with van der Waals surface area (Å²) in [5.41, 5.74) is 0. The van der Waals surface area contributed by atoms with Crippen molar-refractivity contribution in [3.8, 4) is 5.75 Å². The molecule has 92 valence electrons. The molecule has 2 rings (SSSR count). The summed E-state index contributed by atoms with van der Waals surface area (Å²) in [6, 6.07) is 13.3. The molecule has 0 aliphatic heterocycles. The molecule has 2 N–H and O–H groups in total. The van der Waals surface area contributed by atoms with Crippen LogP contribution in [0.3, 0.4) is 0 Å². The molecule has 1 aromatic heterocycles. The number of rotatable bonds is 2. The number of carbonyl (C=O) groups is 1. The van der Waals surface area contributed by atoms with Crippen LogP contribution in [0.4, 0.5) is 10.6 Å². The van der Waals surface area contributed by atoms with Gasteiger partial charge in [-0.05, 0) is 24.3 Å². The number of amides is 1. The highest BCUT2D eigenvalue weighted by molar-refractivity contribution is 7.71. The van der Waals surface area contributed by atoms with Gasteiger partial charge in [-0.3, -0.25) is 5.32 Å². The van der Waals surface area contributed by atoms with Gasteiger partial charge in [0.05, 0.1) is 0 Å². The number of benzene rings is 1. The summed E-state index contributed by atoms with van der Waals surface area (Å²) >= 11 is 4.84. The Morgan fingerprint density at radius 3 is 2.61 bits per heavy atom. The Labute approximate surface area is 108 Å². The van der Waals surface area contributed by atoms with Gasteiger partial charge >= 0.3 is 6.09 Å². The highest BCUT2D eigenvalue weighted by atomic mass is 32.1. The van der Waals surface area contributed by atoms with E-state index in [4.69, 9.17) is 17.0 Å². The van der Waals surface area contributed by atoms with E-state index in [9.17, 15) is 10.0 Å². The van der Waals surface area contributed by atoms with E-state index >= 15 is 0 Å². The fourth-order valence-electron chi connectivity index (χ4n) is 1.30. The monoisotopic (exact) mass is 262 g/mol. The summed E-state index contributed by atoms with van der Waals surface area (Å²) < 4.78 is 5.89. The first-order chi connectivity index (χ1) is 8.66. The fraction of sp³-hybridized carbons (Fsp3) is 0. The minimum absolute atomic E-state index is 0.142. The third kappa shape index (κ3) is 2.86. The lowest BCUT2D eigenvalue weighted by atomic mass is 10.3. The van der Waals surface area contributed by atoms with Gasteiger partial charge in [0.25, 0.3) is 0 Å². The number of hydrogen-bond acceptors (Lipinski definition) is 4. The van der Waals surface area contributed by atoms with Gasteiger partial charge in [-0.25, -0.2) is 4.79 Å². The first-order valence-corrected chi connectivity index (χ1v) is 5.53. The fourth-order valence-corrected chi connectivity index (χ4v) is 1.48. The SMILES string of the molecule is O=C(Nc1cccc(=S)n1O)Oc1ccccc1. The minimum atomic E-state index is -0.704. The van der Waals surface area contributed by atoms with Gasteiger partial charge < -0.3 is 9.94 Å². The first kappa shape index (κ1) is 12.1. The van der Waals surface area contributed by atoms with Crippen LogP contribution in [0, 0.1) is 4.64 Å². The quantitative estimate of drug-likeness (QED) is 0.645. The molecule has 6 heteroatoms. The van der Waals surface area contributed by atoms with Crippen molar-refractivity contribution < 1.29 is 14.7 Å². The van der Waals surface area contributed by atoms with Crippen LogP contribution in [0.15, 0.2) is 48.5 Å². The van der Waals surface area contributed by atoms with Crippen molar-refractivity contribution in [3.05, 3.63) is 53.2 Å². The molecular weight excluding hydrogens is 252 g/mol. The number of ether oxygens (including phenoxy) is 1. The maximum Gasteiger partial charge on any atom is 0.418 e. The zero-order chi connectivity index (χ0) is 13.0. The van der Waals surface area contributed by atoms with Crippen LogP contribution in [0.25, 0.3) is 0 Å². The van der Waals surface area contributed by atoms with E-state index < -0.39 is 6.09 Å². The largest absolute Gasteiger partial charge is 0.426 e. The van der Waals surface area contributed by atoms with Crippen LogP contribution in [0.2, 0.25) is 0 Å². The van der Waals surface area contributed by atoms with E-state index in [1.807, 2.05) is 6.07 Å². The number of anilines is 1. The molecule has 0 saturated heterocycles. The lowest BCUT2D eigenvalue weighted by Gasteiger charge is -2.09. The summed E-state index contributed by atoms with van der Waals surface area (Å²) in [4.78, 5) is 11.6. The van der Waals surface area contributed by atoms with Crippen LogP contribution in [-0.2, 0) is 0 Å². The number of nitrogens with zero attached hydrogens (tertiary/aromatic N) is 1. The van der Waals surface area contributed by atoms with E-state index in [0.717, 1.165) is 0 Å². The third-order valence-corrected chi connectivity index (χ3v) is 2.42. The van der Waals surface area contributed by atoms with Crippen LogP contribution >= 0.6 is 12.2 Å². The van der Waals surface area contributed by atoms with E-state index in [1.54, 1.807) is 30.3 Å². The predicted octanol–water partition coefficient (Wildman–Crippen LogP) is 3.07. The average Bonchev–Trinajstić information content (AvgIpc) is 2.36. The summed E-state index contributed by atoms with van der Waals surface area (Å²) in [7, 11) is 0. The first-order valence-electron chi connectivity index (χ1n) is 5.12. The second-order valence-corrected chi connectivity index (χ2v) is 3.81. The van der Waals surface area contributed by atoms with Gasteiger partial charge in [-0.15, -0.1) is 0 Å². The van der Waals surface area contributed by atoms with E-state index in [2.05, 4.69) is 5.32 Å². The van der Waals surface area contributed by atoms with Gasteiger partial charge in [0.1, 0.15) is 10.4 Å². The standard InChI is InChI=1S/C12H10N2O3S/c15-12(17-9-5-2-1-3-6-9)13-10-7-4-8-11(18)14(10)16/h1-8,16H,(H,13,15). The van der Waals surface area contributed by atoms with Gasteiger partial charge in [0, 0.05) is 0 Å². The average molecular weight is 262 g/mol. The second-order valence-electron chi connectivity index (χ2n) is 3.39. The van der Waals surface area contributed by atoms with Crippen molar-refractivity contribution in [2.75, 3.05) is 5.32 Å². The molecule has 0 spiro atoms. The van der Waals surface area contributed by atoms with Crippen LogP contribution < -0.4 is 10.1 Å². The summed E-state index contributed by atoms with van der Waals surface area (Å²) in [5, 5.41) is 11.9. The Kier molecular flexibility index (Phi) is 3.59. The number of para-hydroxylation sites is 1. The molecule has 18 heavy (non-hydrogen) atoms. The highest BCUT2D eigenvalue weighted by Crippen LogP contribution is 2.11. The topological polar surface area (TPSA) is 63.5 Å². The highest BCUT2D eigenvalue weighted by Gasteiger charge is 2.07. The minimum Gasteiger partial charge on any atom is -0.426 e. The summed E-state index contributed by atoms with van der Waals surface area (Å²) in [6.07, 6.45) is -0.704. The van der Waals surface area contributed by atoms with Crippen molar-refractivity contribution in [2.45, 2.75) is 0 Å². The van der Waals surface area contributed by atoms with Crippen LogP contribution in [-0.4, -0.2) is 16.0 Å². The summed E-state index contributed by atoms with van der Waals surface area (Å²) in [5.74, 6) is 0.553. The molecular formula is C12H10N2O3S. The molecule has 0 radical (unpaired) electrons. The molecule has 0 bridgehead atoms. The van der Waals surface area contributed by atoms with E-state index in [1.165, 1.54) is 12.1 Å². The zero-order valence-electron chi connectivity index (χ0n) is 9.24. The molecule has 5 nitrogen and oxygen atoms in total. The Morgan fingerprint density at radius 2 is 1.89 bits per heavy atom. The number of nitrogens with one attached hydrogen (secondary N) is 1. The number of aromatic nitrogens is 1. The number of hydrogen-bond donors (Lipinski definition) is 2. The normalized spacial score (nSPS) is 9.78. The van der Waals surface area contributed by atoms with Crippen molar-refractivity contribution in [1.82, 2.24) is 4.73 Å². The van der Waals surface area contributed by atoms with Crippen molar-refractivity contribution in [3.63, 3.8) is 0 Å². The molecule has 0 fully saturated rings. The Hall–Kier alpha value is -2.34. The van der Waals surface area contributed by atoms with Gasteiger partial charge in [-0.2, -0.15) is 4.73 Å². The Morgan fingerprint density at radius 1 is 1.17 bits per heavy atom. The van der Waals surface area contributed by atoms with E-state index in [-0.39, 0.29) is 10.5 Å². The van der Waals surface area contributed by atoms with Gasteiger partial charge in [0.15, 0.2) is 5.82 Å². The van der Waals surface area contributed by atoms with Crippen molar-refractivity contribution >= 4 is 24.1 Å². The van der Waals surface area contributed by atoms with Crippen LogP contribution in [0.5, 0.6) is 5.75 Å². The molecule has 1 amide bonds. The van der Waals surface area contributed by atoms with E-state index in [0.29, 0.717) is 10.5 Å². The van der Waals surface area contributed by atoms with Crippen molar-refractivity contribution in [2.24, 2.45) is 0 Å². The second kappa shape index (κ2) is 5.33. The maximum absolute atomic E-state index is 11.6.